The number of carbonyl (C=O) groups excluding carboxylic acids is 1. The third-order valence-electron chi connectivity index (χ3n) is 3.94. The number of aromatic nitrogens is 2. The molecule has 0 unspecified atom stereocenters. The van der Waals surface area contributed by atoms with Crippen LogP contribution in [-0.4, -0.2) is 15.7 Å². The van der Waals surface area contributed by atoms with E-state index in [-0.39, 0.29) is 11.8 Å². The van der Waals surface area contributed by atoms with Crippen LogP contribution in [0.25, 0.3) is 0 Å². The highest BCUT2D eigenvalue weighted by Crippen LogP contribution is 2.26. The lowest BCUT2D eigenvalue weighted by Crippen LogP contribution is -2.22. The summed E-state index contributed by atoms with van der Waals surface area (Å²) in [6, 6.07) is 9.48. The van der Waals surface area contributed by atoms with Crippen molar-refractivity contribution in [3.63, 3.8) is 0 Å². The Hall–Kier alpha value is -1.81. The van der Waals surface area contributed by atoms with Crippen molar-refractivity contribution < 1.29 is 4.79 Å². The van der Waals surface area contributed by atoms with Gasteiger partial charge in [-0.2, -0.15) is 5.10 Å². The van der Waals surface area contributed by atoms with Gasteiger partial charge >= 0.3 is 0 Å². The van der Waals surface area contributed by atoms with Gasteiger partial charge in [-0.05, 0) is 30.5 Å². The fourth-order valence-corrected chi connectivity index (χ4v) is 2.87. The van der Waals surface area contributed by atoms with E-state index in [0.717, 1.165) is 37.1 Å². The van der Waals surface area contributed by atoms with Crippen molar-refractivity contribution in [2.24, 2.45) is 5.92 Å². The molecule has 21 heavy (non-hydrogen) atoms. The van der Waals surface area contributed by atoms with Crippen LogP contribution < -0.4 is 5.32 Å². The molecule has 0 saturated heterocycles. The van der Waals surface area contributed by atoms with Gasteiger partial charge in [-0.3, -0.25) is 4.79 Å². The second kappa shape index (κ2) is 6.31. The van der Waals surface area contributed by atoms with Crippen LogP contribution in [0.4, 0.5) is 5.82 Å². The molecule has 1 saturated carbocycles. The number of anilines is 1. The van der Waals surface area contributed by atoms with E-state index in [4.69, 9.17) is 11.6 Å². The lowest BCUT2D eigenvalue weighted by molar-refractivity contribution is -0.119. The first-order valence-corrected chi connectivity index (χ1v) is 7.67. The minimum absolute atomic E-state index is 0.116. The van der Waals surface area contributed by atoms with Crippen LogP contribution in [0, 0.1) is 5.92 Å². The molecule has 1 fully saturated rings. The molecule has 1 aromatic heterocycles. The quantitative estimate of drug-likeness (QED) is 0.936. The predicted molar refractivity (Wildman–Crippen MR) is 83.4 cm³/mol. The van der Waals surface area contributed by atoms with Crippen molar-refractivity contribution >= 4 is 23.3 Å². The maximum absolute atomic E-state index is 12.2. The van der Waals surface area contributed by atoms with Crippen molar-refractivity contribution in [2.45, 2.75) is 32.2 Å². The molecule has 0 radical (unpaired) electrons. The van der Waals surface area contributed by atoms with E-state index in [9.17, 15) is 4.79 Å². The first-order valence-electron chi connectivity index (χ1n) is 7.29. The number of benzene rings is 1. The van der Waals surface area contributed by atoms with Gasteiger partial charge in [0.25, 0.3) is 0 Å². The maximum Gasteiger partial charge on any atom is 0.228 e. The van der Waals surface area contributed by atoms with Crippen molar-refractivity contribution in [1.82, 2.24) is 9.78 Å². The largest absolute Gasteiger partial charge is 0.311 e. The van der Waals surface area contributed by atoms with E-state index in [1.165, 1.54) is 0 Å². The molecule has 0 aliphatic heterocycles. The second-order valence-corrected chi connectivity index (χ2v) is 5.91. The fourth-order valence-electron chi connectivity index (χ4n) is 2.74. The summed E-state index contributed by atoms with van der Waals surface area (Å²) in [6.07, 6.45) is 6.01. The van der Waals surface area contributed by atoms with Gasteiger partial charge in [0.1, 0.15) is 5.82 Å². The van der Waals surface area contributed by atoms with Gasteiger partial charge in [-0.15, -0.1) is 0 Å². The normalized spacial score (nSPS) is 15.3. The second-order valence-electron chi connectivity index (χ2n) is 5.47. The van der Waals surface area contributed by atoms with Crippen molar-refractivity contribution in [2.75, 3.05) is 5.32 Å². The predicted octanol–water partition coefficient (Wildman–Crippen LogP) is 3.71. The number of halogens is 1. The Kier molecular flexibility index (Phi) is 4.25. The van der Waals surface area contributed by atoms with Crippen LogP contribution in [0.3, 0.4) is 0 Å². The zero-order valence-electron chi connectivity index (χ0n) is 11.8. The summed E-state index contributed by atoms with van der Waals surface area (Å²) >= 11 is 5.89. The molecule has 1 amide bonds. The molecular weight excluding hydrogens is 286 g/mol. The highest BCUT2D eigenvalue weighted by molar-refractivity contribution is 6.30. The average Bonchev–Trinajstić information content (AvgIpc) is 3.14. The molecule has 4 nitrogen and oxygen atoms in total. The van der Waals surface area contributed by atoms with Crippen LogP contribution in [0.1, 0.15) is 31.2 Å². The lowest BCUT2D eigenvalue weighted by atomic mass is 10.1. The molecule has 110 valence electrons. The topological polar surface area (TPSA) is 46.9 Å². The van der Waals surface area contributed by atoms with Crippen LogP contribution >= 0.6 is 11.6 Å². The molecule has 1 heterocycles. The molecule has 0 spiro atoms. The Morgan fingerprint density at radius 3 is 2.67 bits per heavy atom. The van der Waals surface area contributed by atoms with Crippen LogP contribution in [0.15, 0.2) is 36.5 Å². The lowest BCUT2D eigenvalue weighted by Gasteiger charge is -2.12. The monoisotopic (exact) mass is 303 g/mol. The summed E-state index contributed by atoms with van der Waals surface area (Å²) < 4.78 is 1.80. The minimum Gasteiger partial charge on any atom is -0.311 e. The first kappa shape index (κ1) is 14.1. The van der Waals surface area contributed by atoms with Gasteiger partial charge in [-0.25, -0.2) is 4.68 Å². The molecule has 1 aromatic carbocycles. The number of hydrogen-bond donors (Lipinski definition) is 1. The van der Waals surface area contributed by atoms with Crippen LogP contribution in [-0.2, 0) is 11.3 Å². The highest BCUT2D eigenvalue weighted by atomic mass is 35.5. The number of amides is 1. The van der Waals surface area contributed by atoms with E-state index in [2.05, 4.69) is 10.4 Å². The van der Waals surface area contributed by atoms with Gasteiger partial charge in [-0.1, -0.05) is 36.6 Å². The number of rotatable bonds is 4. The molecule has 5 heteroatoms. The first-order chi connectivity index (χ1) is 10.2. The summed E-state index contributed by atoms with van der Waals surface area (Å²) in [5.74, 6) is 1.02. The number of nitrogens with one attached hydrogen (secondary N) is 1. The maximum atomic E-state index is 12.2. The zero-order valence-corrected chi connectivity index (χ0v) is 12.5. The third kappa shape index (κ3) is 3.45. The molecular formula is C16H18ClN3O. The minimum atomic E-state index is 0.116. The molecule has 0 atom stereocenters. The van der Waals surface area contributed by atoms with Gasteiger partial charge in [0.05, 0.1) is 12.7 Å². The molecule has 2 aromatic rings. The van der Waals surface area contributed by atoms with Gasteiger partial charge in [0.2, 0.25) is 5.91 Å². The summed E-state index contributed by atoms with van der Waals surface area (Å²) in [4.78, 5) is 12.2. The third-order valence-corrected chi connectivity index (χ3v) is 4.19. The Morgan fingerprint density at radius 1 is 1.24 bits per heavy atom. The highest BCUT2D eigenvalue weighted by Gasteiger charge is 2.23. The number of nitrogens with zero attached hydrogens (tertiary/aromatic N) is 2. The van der Waals surface area contributed by atoms with Gasteiger partial charge in [0, 0.05) is 17.0 Å². The number of carbonyl (C=O) groups is 1. The zero-order chi connectivity index (χ0) is 14.7. The SMILES string of the molecule is O=C(Nc1ccnn1Cc1ccc(Cl)cc1)C1CCCC1. The standard InChI is InChI=1S/C16H18ClN3O/c17-14-7-5-12(6-8-14)11-20-15(9-10-18-20)19-16(21)13-3-1-2-4-13/h5-10,13H,1-4,11H2,(H,19,21). The van der Waals surface area contributed by atoms with E-state index in [1.54, 1.807) is 10.9 Å². The Labute approximate surface area is 129 Å². The van der Waals surface area contributed by atoms with Crippen molar-refractivity contribution in [3.05, 3.63) is 47.1 Å². The molecule has 1 aliphatic carbocycles. The number of hydrogen-bond acceptors (Lipinski definition) is 2. The van der Waals surface area contributed by atoms with E-state index in [1.807, 2.05) is 30.3 Å². The van der Waals surface area contributed by atoms with E-state index in [0.29, 0.717) is 11.6 Å². The fraction of sp³-hybridized carbons (Fsp3) is 0.375. The smallest absolute Gasteiger partial charge is 0.228 e. The van der Waals surface area contributed by atoms with Crippen molar-refractivity contribution in [3.8, 4) is 0 Å². The van der Waals surface area contributed by atoms with Gasteiger partial charge in [0.15, 0.2) is 0 Å². The summed E-state index contributed by atoms with van der Waals surface area (Å²) in [5, 5.41) is 8.00. The molecule has 1 aliphatic rings. The summed E-state index contributed by atoms with van der Waals surface area (Å²) in [6.45, 7) is 0.616. The van der Waals surface area contributed by atoms with Gasteiger partial charge < -0.3 is 5.32 Å². The summed E-state index contributed by atoms with van der Waals surface area (Å²) in [5.41, 5.74) is 1.10. The van der Waals surface area contributed by atoms with Crippen LogP contribution in [0.5, 0.6) is 0 Å². The Balaban J connectivity index is 1.68. The Morgan fingerprint density at radius 2 is 1.95 bits per heavy atom. The summed E-state index contributed by atoms with van der Waals surface area (Å²) in [7, 11) is 0. The molecule has 3 rings (SSSR count). The Bertz CT molecular complexity index is 615. The molecule has 0 bridgehead atoms. The van der Waals surface area contributed by atoms with Crippen LogP contribution in [0.2, 0.25) is 5.02 Å². The van der Waals surface area contributed by atoms with E-state index < -0.39 is 0 Å². The van der Waals surface area contributed by atoms with E-state index >= 15 is 0 Å². The van der Waals surface area contributed by atoms with Crippen molar-refractivity contribution in [1.29, 1.82) is 0 Å². The average molecular weight is 304 g/mol. The molecule has 1 N–H and O–H groups in total.